The minimum Gasteiger partial charge on any atom is -0.497 e. The maximum Gasteiger partial charge on any atom is 0.134 e. The summed E-state index contributed by atoms with van der Waals surface area (Å²) in [5.41, 5.74) is 1.19. The molecule has 0 saturated carbocycles. The molecule has 1 fully saturated rings. The fourth-order valence-electron chi connectivity index (χ4n) is 2.50. The third-order valence-electron chi connectivity index (χ3n) is 3.72. The summed E-state index contributed by atoms with van der Waals surface area (Å²) in [5, 5.41) is 3.34. The van der Waals surface area contributed by atoms with Crippen molar-refractivity contribution in [2.45, 2.75) is 19.4 Å². The van der Waals surface area contributed by atoms with E-state index >= 15 is 0 Å². The highest BCUT2D eigenvalue weighted by atomic mass is 16.5. The Morgan fingerprint density at radius 1 is 1.14 bits per heavy atom. The highest BCUT2D eigenvalue weighted by molar-refractivity contribution is 5.49. The van der Waals surface area contributed by atoms with Gasteiger partial charge in [-0.05, 0) is 30.5 Å². The molecule has 0 radical (unpaired) electrons. The molecule has 2 heterocycles. The van der Waals surface area contributed by atoms with Crippen LogP contribution in [-0.4, -0.2) is 30.2 Å². The number of nitrogens with zero attached hydrogens (tertiary/aromatic N) is 3. The maximum atomic E-state index is 5.16. The van der Waals surface area contributed by atoms with Crippen molar-refractivity contribution in [2.75, 3.05) is 30.4 Å². The Morgan fingerprint density at radius 3 is 2.62 bits per heavy atom. The SMILES string of the molecule is COc1ccc(CNc2cc(N3CCCC3)ncn2)cc1. The first-order valence-corrected chi connectivity index (χ1v) is 7.29. The molecule has 1 aliphatic rings. The Morgan fingerprint density at radius 2 is 1.90 bits per heavy atom. The van der Waals surface area contributed by atoms with Gasteiger partial charge < -0.3 is 15.0 Å². The van der Waals surface area contributed by atoms with E-state index in [1.165, 1.54) is 18.4 Å². The van der Waals surface area contributed by atoms with Gasteiger partial charge in [-0.2, -0.15) is 0 Å². The molecule has 1 aromatic heterocycles. The van der Waals surface area contributed by atoms with E-state index in [9.17, 15) is 0 Å². The molecule has 21 heavy (non-hydrogen) atoms. The lowest BCUT2D eigenvalue weighted by Crippen LogP contribution is -2.19. The van der Waals surface area contributed by atoms with Gasteiger partial charge in [0.25, 0.3) is 0 Å². The van der Waals surface area contributed by atoms with Crippen LogP contribution >= 0.6 is 0 Å². The zero-order valence-corrected chi connectivity index (χ0v) is 12.2. The first kappa shape index (κ1) is 13.7. The molecule has 0 aliphatic carbocycles. The van der Waals surface area contributed by atoms with Crippen molar-refractivity contribution in [1.82, 2.24) is 9.97 Å². The Kier molecular flexibility index (Phi) is 4.19. The lowest BCUT2D eigenvalue weighted by molar-refractivity contribution is 0.414. The van der Waals surface area contributed by atoms with Crippen LogP contribution in [0.1, 0.15) is 18.4 Å². The van der Waals surface area contributed by atoms with Crippen molar-refractivity contribution >= 4 is 11.6 Å². The lowest BCUT2D eigenvalue weighted by atomic mass is 10.2. The average Bonchev–Trinajstić information content (AvgIpc) is 3.08. The summed E-state index contributed by atoms with van der Waals surface area (Å²) in [6.07, 6.45) is 4.13. The summed E-state index contributed by atoms with van der Waals surface area (Å²) in [5.74, 6) is 2.75. The van der Waals surface area contributed by atoms with Crippen LogP contribution in [0.3, 0.4) is 0 Å². The standard InChI is InChI=1S/C16H20N4O/c1-21-14-6-4-13(5-7-14)11-17-15-10-16(19-12-18-15)20-8-2-3-9-20/h4-7,10,12H,2-3,8-9,11H2,1H3,(H,17,18,19). The molecule has 1 N–H and O–H groups in total. The Bertz CT molecular complexity index is 579. The fraction of sp³-hybridized carbons (Fsp3) is 0.375. The van der Waals surface area contributed by atoms with Crippen LogP contribution in [0, 0.1) is 0 Å². The van der Waals surface area contributed by atoms with E-state index in [2.05, 4.69) is 32.3 Å². The third-order valence-corrected chi connectivity index (χ3v) is 3.72. The summed E-state index contributed by atoms with van der Waals surface area (Å²) < 4.78 is 5.16. The molecule has 0 amide bonds. The van der Waals surface area contributed by atoms with Gasteiger partial charge in [0.05, 0.1) is 7.11 Å². The summed E-state index contributed by atoms with van der Waals surface area (Å²) in [6, 6.07) is 10.1. The maximum absolute atomic E-state index is 5.16. The van der Waals surface area contributed by atoms with E-state index in [-0.39, 0.29) is 0 Å². The monoisotopic (exact) mass is 284 g/mol. The number of hydrogen-bond donors (Lipinski definition) is 1. The topological polar surface area (TPSA) is 50.3 Å². The van der Waals surface area contributed by atoms with E-state index in [1.54, 1.807) is 13.4 Å². The highest BCUT2D eigenvalue weighted by Gasteiger charge is 2.13. The zero-order chi connectivity index (χ0) is 14.5. The van der Waals surface area contributed by atoms with Gasteiger partial charge in [-0.1, -0.05) is 12.1 Å². The molecule has 3 rings (SSSR count). The molecule has 0 bridgehead atoms. The number of rotatable bonds is 5. The van der Waals surface area contributed by atoms with Crippen LogP contribution < -0.4 is 15.0 Å². The second kappa shape index (κ2) is 6.43. The van der Waals surface area contributed by atoms with Gasteiger partial charge in [0.2, 0.25) is 0 Å². The van der Waals surface area contributed by atoms with Crippen molar-refractivity contribution in [1.29, 1.82) is 0 Å². The van der Waals surface area contributed by atoms with Gasteiger partial charge in [0, 0.05) is 25.7 Å². The summed E-state index contributed by atoms with van der Waals surface area (Å²) in [7, 11) is 1.67. The number of aromatic nitrogens is 2. The predicted molar refractivity (Wildman–Crippen MR) is 83.8 cm³/mol. The minimum absolute atomic E-state index is 0.737. The molecule has 0 unspecified atom stereocenters. The van der Waals surface area contributed by atoms with Crippen LogP contribution in [0.5, 0.6) is 5.75 Å². The summed E-state index contributed by atoms with van der Waals surface area (Å²) in [6.45, 7) is 2.92. The second-order valence-corrected chi connectivity index (χ2v) is 5.16. The molecule has 110 valence electrons. The largest absolute Gasteiger partial charge is 0.497 e. The van der Waals surface area contributed by atoms with Crippen molar-refractivity contribution in [3.63, 3.8) is 0 Å². The van der Waals surface area contributed by atoms with E-state index < -0.39 is 0 Å². The molecule has 1 aromatic carbocycles. The highest BCUT2D eigenvalue weighted by Crippen LogP contribution is 2.19. The van der Waals surface area contributed by atoms with Crippen LogP contribution in [-0.2, 0) is 6.54 Å². The van der Waals surface area contributed by atoms with Crippen LogP contribution in [0.15, 0.2) is 36.7 Å². The fourth-order valence-corrected chi connectivity index (χ4v) is 2.50. The van der Waals surface area contributed by atoms with Crippen molar-refractivity contribution < 1.29 is 4.74 Å². The molecule has 0 atom stereocenters. The predicted octanol–water partition coefficient (Wildman–Crippen LogP) is 2.70. The number of benzene rings is 1. The molecule has 0 spiro atoms. The normalized spacial score (nSPS) is 14.2. The van der Waals surface area contributed by atoms with Gasteiger partial charge in [-0.3, -0.25) is 0 Å². The molecule has 5 heteroatoms. The zero-order valence-electron chi connectivity index (χ0n) is 12.2. The van der Waals surface area contributed by atoms with Gasteiger partial charge >= 0.3 is 0 Å². The number of methoxy groups -OCH3 is 1. The number of ether oxygens (including phenoxy) is 1. The van der Waals surface area contributed by atoms with E-state index in [0.717, 1.165) is 37.0 Å². The molecule has 2 aromatic rings. The lowest BCUT2D eigenvalue weighted by Gasteiger charge is -2.16. The van der Waals surface area contributed by atoms with Crippen molar-refractivity contribution in [3.8, 4) is 5.75 Å². The quantitative estimate of drug-likeness (QED) is 0.915. The summed E-state index contributed by atoms with van der Waals surface area (Å²) in [4.78, 5) is 10.9. The minimum atomic E-state index is 0.737. The molecule has 1 saturated heterocycles. The van der Waals surface area contributed by atoms with E-state index in [1.807, 2.05) is 18.2 Å². The molecular formula is C16H20N4O. The van der Waals surface area contributed by atoms with Crippen LogP contribution in [0.25, 0.3) is 0 Å². The molecular weight excluding hydrogens is 264 g/mol. The number of nitrogens with one attached hydrogen (secondary N) is 1. The van der Waals surface area contributed by atoms with Crippen molar-refractivity contribution in [3.05, 3.63) is 42.2 Å². The molecule has 5 nitrogen and oxygen atoms in total. The first-order chi connectivity index (χ1) is 10.3. The van der Waals surface area contributed by atoms with Gasteiger partial charge in [0.1, 0.15) is 23.7 Å². The smallest absolute Gasteiger partial charge is 0.134 e. The Labute approximate surface area is 125 Å². The summed E-state index contributed by atoms with van der Waals surface area (Å²) >= 11 is 0. The Hall–Kier alpha value is -2.30. The second-order valence-electron chi connectivity index (χ2n) is 5.16. The number of anilines is 2. The van der Waals surface area contributed by atoms with Gasteiger partial charge in [-0.25, -0.2) is 9.97 Å². The van der Waals surface area contributed by atoms with Crippen LogP contribution in [0.2, 0.25) is 0 Å². The van der Waals surface area contributed by atoms with Gasteiger partial charge in [0.15, 0.2) is 0 Å². The van der Waals surface area contributed by atoms with Crippen LogP contribution in [0.4, 0.5) is 11.6 Å². The average molecular weight is 284 g/mol. The van der Waals surface area contributed by atoms with Crippen molar-refractivity contribution in [2.24, 2.45) is 0 Å². The first-order valence-electron chi connectivity index (χ1n) is 7.29. The van der Waals surface area contributed by atoms with E-state index in [4.69, 9.17) is 4.74 Å². The molecule has 1 aliphatic heterocycles. The van der Waals surface area contributed by atoms with E-state index in [0.29, 0.717) is 0 Å². The van der Waals surface area contributed by atoms with Gasteiger partial charge in [-0.15, -0.1) is 0 Å². The Balaban J connectivity index is 1.62. The number of hydrogen-bond acceptors (Lipinski definition) is 5. The third kappa shape index (κ3) is 3.42.